The molecule has 0 unspecified atom stereocenters. The highest BCUT2D eigenvalue weighted by molar-refractivity contribution is 7.20. The summed E-state index contributed by atoms with van der Waals surface area (Å²) in [5.74, 6) is 0.708. The Morgan fingerprint density at radius 2 is 2.28 bits per heavy atom. The molecule has 3 rings (SSSR count). The topological polar surface area (TPSA) is 33.2 Å². The molecule has 1 fully saturated rings. The van der Waals surface area contributed by atoms with Gasteiger partial charge in [-0.3, -0.25) is 4.79 Å². The van der Waals surface area contributed by atoms with Gasteiger partial charge in [0.25, 0.3) is 5.91 Å². The maximum absolute atomic E-state index is 12.4. The molecule has 94 valence electrons. The van der Waals surface area contributed by atoms with Crippen molar-refractivity contribution in [3.63, 3.8) is 0 Å². The fourth-order valence-corrected chi connectivity index (χ4v) is 3.41. The van der Waals surface area contributed by atoms with Gasteiger partial charge < -0.3 is 4.90 Å². The molecule has 1 saturated heterocycles. The lowest BCUT2D eigenvalue weighted by Gasteiger charge is -2.30. The Kier molecular flexibility index (Phi) is 3.04. The Bertz CT molecular complexity index is 545. The zero-order valence-electron chi connectivity index (χ0n) is 10.4. The minimum atomic E-state index is 0.0998. The molecule has 3 nitrogen and oxygen atoms in total. The van der Waals surface area contributed by atoms with Crippen LogP contribution in [-0.4, -0.2) is 28.9 Å². The minimum absolute atomic E-state index is 0.0998. The van der Waals surface area contributed by atoms with Crippen LogP contribution in [0.1, 0.15) is 29.6 Å². The van der Waals surface area contributed by atoms with Crippen molar-refractivity contribution >= 4 is 27.5 Å². The molecular weight excluding hydrogens is 244 g/mol. The highest BCUT2D eigenvalue weighted by atomic mass is 32.1. The molecule has 1 aromatic carbocycles. The third-order valence-electron chi connectivity index (χ3n) is 3.42. The number of amides is 1. The molecule has 0 spiro atoms. The summed E-state index contributed by atoms with van der Waals surface area (Å²) >= 11 is 1.50. The second kappa shape index (κ2) is 4.69. The first-order chi connectivity index (χ1) is 8.74. The summed E-state index contributed by atoms with van der Waals surface area (Å²) in [7, 11) is 0. The number of carbonyl (C=O) groups excluding carboxylic acids is 1. The molecule has 1 amide bonds. The first-order valence-corrected chi connectivity index (χ1v) is 7.20. The molecule has 1 aliphatic heterocycles. The van der Waals surface area contributed by atoms with E-state index in [4.69, 9.17) is 0 Å². The largest absolute Gasteiger partial charge is 0.336 e. The lowest BCUT2D eigenvalue weighted by molar-refractivity contribution is 0.0683. The Hall–Kier alpha value is -1.42. The fraction of sp³-hybridized carbons (Fsp3) is 0.429. The van der Waals surface area contributed by atoms with Gasteiger partial charge in [-0.1, -0.05) is 19.1 Å². The summed E-state index contributed by atoms with van der Waals surface area (Å²) in [6.07, 6.45) is 2.33. The van der Waals surface area contributed by atoms with Gasteiger partial charge in [0.1, 0.15) is 0 Å². The fourth-order valence-electron chi connectivity index (χ4n) is 2.47. The number of aromatic nitrogens is 1. The van der Waals surface area contributed by atoms with E-state index >= 15 is 0 Å². The van der Waals surface area contributed by atoms with Crippen molar-refractivity contribution in [1.29, 1.82) is 0 Å². The molecule has 4 heteroatoms. The van der Waals surface area contributed by atoms with Crippen molar-refractivity contribution in [1.82, 2.24) is 9.88 Å². The van der Waals surface area contributed by atoms with Crippen molar-refractivity contribution < 1.29 is 4.79 Å². The number of hydrogen-bond donors (Lipinski definition) is 0. The molecule has 2 aromatic rings. The van der Waals surface area contributed by atoms with Gasteiger partial charge in [0.05, 0.1) is 10.2 Å². The van der Waals surface area contributed by atoms with E-state index in [9.17, 15) is 4.79 Å². The third kappa shape index (κ3) is 2.12. The van der Waals surface area contributed by atoms with Gasteiger partial charge in [-0.25, -0.2) is 4.98 Å². The Balaban J connectivity index is 1.87. The molecule has 0 aliphatic carbocycles. The van der Waals surface area contributed by atoms with Gasteiger partial charge in [-0.15, -0.1) is 11.3 Å². The average molecular weight is 260 g/mol. The van der Waals surface area contributed by atoms with Gasteiger partial charge in [-0.05, 0) is 30.9 Å². The molecule has 1 atom stereocenters. The zero-order valence-corrected chi connectivity index (χ0v) is 11.2. The Morgan fingerprint density at radius 3 is 3.06 bits per heavy atom. The number of likely N-dealkylation sites (tertiary alicyclic amines) is 1. The maximum atomic E-state index is 12.4. The molecule has 18 heavy (non-hydrogen) atoms. The van der Waals surface area contributed by atoms with Crippen LogP contribution in [-0.2, 0) is 0 Å². The molecule has 1 aromatic heterocycles. The first-order valence-electron chi connectivity index (χ1n) is 6.39. The number of hydrogen-bond acceptors (Lipinski definition) is 3. The quantitative estimate of drug-likeness (QED) is 0.789. The van der Waals surface area contributed by atoms with Crippen molar-refractivity contribution in [2.24, 2.45) is 5.92 Å². The van der Waals surface area contributed by atoms with E-state index in [2.05, 4.69) is 11.9 Å². The van der Waals surface area contributed by atoms with E-state index in [0.29, 0.717) is 10.9 Å². The predicted molar refractivity (Wildman–Crippen MR) is 73.9 cm³/mol. The smallest absolute Gasteiger partial charge is 0.282 e. The van der Waals surface area contributed by atoms with E-state index in [0.717, 1.165) is 29.7 Å². The third-order valence-corrected chi connectivity index (χ3v) is 4.45. The van der Waals surface area contributed by atoms with Crippen molar-refractivity contribution in [3.05, 3.63) is 29.3 Å². The lowest BCUT2D eigenvalue weighted by atomic mass is 10.0. The second-order valence-electron chi connectivity index (χ2n) is 4.99. The standard InChI is InChI=1S/C14H16N2OS/c1-10-5-4-8-16(9-10)14(17)13-15-11-6-2-3-7-12(11)18-13/h2-3,6-7,10H,4-5,8-9H2,1H3/t10-/m1/s1. The predicted octanol–water partition coefficient (Wildman–Crippen LogP) is 3.17. The number of benzene rings is 1. The monoisotopic (exact) mass is 260 g/mol. The van der Waals surface area contributed by atoms with E-state index in [1.165, 1.54) is 17.8 Å². The van der Waals surface area contributed by atoms with Gasteiger partial charge in [-0.2, -0.15) is 0 Å². The van der Waals surface area contributed by atoms with Crippen LogP contribution in [0.4, 0.5) is 0 Å². The normalized spacial score (nSPS) is 20.3. The van der Waals surface area contributed by atoms with Crippen LogP contribution in [0.3, 0.4) is 0 Å². The van der Waals surface area contributed by atoms with Gasteiger partial charge >= 0.3 is 0 Å². The first kappa shape index (κ1) is 11.7. The number of piperidine rings is 1. The Labute approximate surface area is 110 Å². The minimum Gasteiger partial charge on any atom is -0.336 e. The maximum Gasteiger partial charge on any atom is 0.282 e. The van der Waals surface area contributed by atoms with Crippen LogP contribution in [0, 0.1) is 5.92 Å². The van der Waals surface area contributed by atoms with Crippen molar-refractivity contribution in [3.8, 4) is 0 Å². The van der Waals surface area contributed by atoms with Crippen LogP contribution in [0.25, 0.3) is 10.2 Å². The number of fused-ring (bicyclic) bond motifs is 1. The summed E-state index contributed by atoms with van der Waals surface area (Å²) in [4.78, 5) is 18.8. The summed E-state index contributed by atoms with van der Waals surface area (Å²) in [6, 6.07) is 7.92. The number of thiazole rings is 1. The van der Waals surface area contributed by atoms with Crippen molar-refractivity contribution in [2.45, 2.75) is 19.8 Å². The molecule has 0 radical (unpaired) electrons. The van der Waals surface area contributed by atoms with Gasteiger partial charge in [0.2, 0.25) is 0 Å². The van der Waals surface area contributed by atoms with Crippen LogP contribution >= 0.6 is 11.3 Å². The summed E-state index contributed by atoms with van der Waals surface area (Å²) in [5.41, 5.74) is 0.927. The molecule has 0 saturated carbocycles. The zero-order chi connectivity index (χ0) is 12.5. The lowest BCUT2D eigenvalue weighted by Crippen LogP contribution is -2.39. The molecule has 0 N–H and O–H groups in total. The molecule has 0 bridgehead atoms. The van der Waals surface area contributed by atoms with E-state index in [1.54, 1.807) is 0 Å². The average Bonchev–Trinajstić information content (AvgIpc) is 2.81. The van der Waals surface area contributed by atoms with Crippen LogP contribution in [0.5, 0.6) is 0 Å². The van der Waals surface area contributed by atoms with E-state index < -0.39 is 0 Å². The summed E-state index contributed by atoms with van der Waals surface area (Å²) < 4.78 is 1.09. The van der Waals surface area contributed by atoms with Gasteiger partial charge in [0.15, 0.2) is 5.01 Å². The molecular formula is C14H16N2OS. The van der Waals surface area contributed by atoms with Crippen LogP contribution in [0.2, 0.25) is 0 Å². The number of carbonyl (C=O) groups is 1. The number of rotatable bonds is 1. The Morgan fingerprint density at radius 1 is 1.44 bits per heavy atom. The highest BCUT2D eigenvalue weighted by Crippen LogP contribution is 2.24. The van der Waals surface area contributed by atoms with Crippen molar-refractivity contribution in [2.75, 3.05) is 13.1 Å². The number of nitrogens with zero attached hydrogens (tertiary/aromatic N) is 2. The van der Waals surface area contributed by atoms with Crippen LogP contribution < -0.4 is 0 Å². The molecule has 2 heterocycles. The van der Waals surface area contributed by atoms with E-state index in [1.807, 2.05) is 29.2 Å². The number of para-hydroxylation sites is 1. The van der Waals surface area contributed by atoms with Gasteiger partial charge in [0, 0.05) is 13.1 Å². The second-order valence-corrected chi connectivity index (χ2v) is 6.02. The molecule has 1 aliphatic rings. The van der Waals surface area contributed by atoms with E-state index in [-0.39, 0.29) is 5.91 Å². The summed E-state index contributed by atoms with van der Waals surface area (Å²) in [6.45, 7) is 3.95. The summed E-state index contributed by atoms with van der Waals surface area (Å²) in [5, 5.41) is 0.630. The van der Waals surface area contributed by atoms with Crippen LogP contribution in [0.15, 0.2) is 24.3 Å². The SMILES string of the molecule is C[C@@H]1CCCN(C(=O)c2nc3ccccc3s2)C1. The highest BCUT2D eigenvalue weighted by Gasteiger charge is 2.24.